The van der Waals surface area contributed by atoms with Gasteiger partial charge in [-0.1, -0.05) is 6.07 Å². The van der Waals surface area contributed by atoms with Gasteiger partial charge in [-0.25, -0.2) is 13.2 Å². The lowest BCUT2D eigenvalue weighted by Gasteiger charge is -2.26. The van der Waals surface area contributed by atoms with Gasteiger partial charge in [0, 0.05) is 18.8 Å². The van der Waals surface area contributed by atoms with Crippen LogP contribution in [0.15, 0.2) is 41.3 Å². The topological polar surface area (TPSA) is 120 Å². The van der Waals surface area contributed by atoms with Crippen molar-refractivity contribution in [2.75, 3.05) is 45.0 Å². The molecule has 0 aliphatic carbocycles. The molecule has 0 spiro atoms. The lowest BCUT2D eigenvalue weighted by Crippen LogP contribution is -2.40. The summed E-state index contributed by atoms with van der Waals surface area (Å²) in [6.45, 7) is 2.45. The van der Waals surface area contributed by atoms with E-state index in [2.05, 4.69) is 5.32 Å². The van der Waals surface area contributed by atoms with E-state index in [1.807, 2.05) is 0 Å². The zero-order valence-electron chi connectivity index (χ0n) is 17.3. The first-order valence-corrected chi connectivity index (χ1v) is 11.3. The Morgan fingerprint density at radius 3 is 2.59 bits per heavy atom. The van der Waals surface area contributed by atoms with Gasteiger partial charge in [0.25, 0.3) is 5.91 Å². The van der Waals surface area contributed by atoms with Gasteiger partial charge in [0.05, 0.1) is 23.7 Å². The second-order valence-corrected chi connectivity index (χ2v) is 9.10. The minimum atomic E-state index is -3.72. The third-order valence-corrected chi connectivity index (χ3v) is 7.04. The summed E-state index contributed by atoms with van der Waals surface area (Å²) in [5.41, 5.74) is 1.06. The number of benzene rings is 2. The minimum Gasteiger partial charge on any atom is -0.454 e. The van der Waals surface area contributed by atoms with E-state index >= 15 is 0 Å². The summed E-state index contributed by atoms with van der Waals surface area (Å²) >= 11 is 0. The van der Waals surface area contributed by atoms with Crippen molar-refractivity contribution >= 4 is 27.6 Å². The molecule has 1 amide bonds. The number of morpholine rings is 1. The summed E-state index contributed by atoms with van der Waals surface area (Å²) in [5.74, 6) is -0.338. The van der Waals surface area contributed by atoms with Crippen LogP contribution in [0.3, 0.4) is 0 Å². The maximum atomic E-state index is 13.0. The molecule has 2 aliphatic heterocycles. The number of amides is 1. The fourth-order valence-electron chi connectivity index (χ4n) is 3.32. The second kappa shape index (κ2) is 9.15. The highest BCUT2D eigenvalue weighted by atomic mass is 32.2. The molecule has 1 N–H and O–H groups in total. The van der Waals surface area contributed by atoms with Crippen molar-refractivity contribution in [1.29, 1.82) is 0 Å². The standard InChI is InChI=1S/C21H22N2O8S/c1-14-2-4-16(11-19(14)32(26,27)23-6-8-28-9-7-23)22-20(24)12-29-21(25)15-3-5-17-18(10-15)31-13-30-17/h2-5,10-11H,6-9,12-13H2,1H3,(H,22,24). The molecule has 2 aromatic rings. The molecule has 11 heteroatoms. The molecule has 0 aromatic heterocycles. The fourth-order valence-corrected chi connectivity index (χ4v) is 4.98. The highest BCUT2D eigenvalue weighted by Gasteiger charge is 2.28. The third-order valence-electron chi connectivity index (χ3n) is 5.00. The van der Waals surface area contributed by atoms with E-state index in [0.717, 1.165) is 0 Å². The number of nitrogens with one attached hydrogen (secondary N) is 1. The smallest absolute Gasteiger partial charge is 0.338 e. The Morgan fingerprint density at radius 1 is 1.06 bits per heavy atom. The summed E-state index contributed by atoms with van der Waals surface area (Å²) in [7, 11) is -3.72. The average molecular weight is 462 g/mol. The van der Waals surface area contributed by atoms with E-state index in [9.17, 15) is 18.0 Å². The van der Waals surface area contributed by atoms with Gasteiger partial charge >= 0.3 is 5.97 Å². The van der Waals surface area contributed by atoms with Crippen LogP contribution >= 0.6 is 0 Å². The van der Waals surface area contributed by atoms with Gasteiger partial charge in [0.15, 0.2) is 18.1 Å². The van der Waals surface area contributed by atoms with Crippen LogP contribution in [0, 0.1) is 6.92 Å². The number of aryl methyl sites for hydroxylation is 1. The van der Waals surface area contributed by atoms with Gasteiger partial charge in [-0.15, -0.1) is 0 Å². The van der Waals surface area contributed by atoms with E-state index in [1.165, 1.54) is 22.5 Å². The monoisotopic (exact) mass is 462 g/mol. The Balaban J connectivity index is 1.39. The van der Waals surface area contributed by atoms with Gasteiger partial charge in [0.2, 0.25) is 16.8 Å². The van der Waals surface area contributed by atoms with E-state index in [4.69, 9.17) is 18.9 Å². The minimum absolute atomic E-state index is 0.0794. The number of carbonyl (C=O) groups excluding carboxylic acids is 2. The Kier molecular flexibility index (Phi) is 6.31. The maximum absolute atomic E-state index is 13.0. The van der Waals surface area contributed by atoms with Crippen LogP contribution in [-0.4, -0.2) is 64.3 Å². The first kappa shape index (κ1) is 22.1. The summed E-state index contributed by atoms with van der Waals surface area (Å²) < 4.78 is 48.0. The van der Waals surface area contributed by atoms with Crippen LogP contribution in [0.25, 0.3) is 0 Å². The molecule has 0 bridgehead atoms. The number of rotatable bonds is 6. The molecular formula is C21H22N2O8S. The molecule has 0 radical (unpaired) electrons. The van der Waals surface area contributed by atoms with E-state index in [-0.39, 0.29) is 36.0 Å². The molecule has 170 valence electrons. The highest BCUT2D eigenvalue weighted by molar-refractivity contribution is 7.89. The maximum Gasteiger partial charge on any atom is 0.338 e. The van der Waals surface area contributed by atoms with Crippen molar-refractivity contribution in [3.05, 3.63) is 47.5 Å². The van der Waals surface area contributed by atoms with Gasteiger partial charge in [-0.05, 0) is 42.8 Å². The van der Waals surface area contributed by atoms with Crippen LogP contribution in [0.5, 0.6) is 11.5 Å². The van der Waals surface area contributed by atoms with Crippen molar-refractivity contribution in [2.24, 2.45) is 0 Å². The Hall–Kier alpha value is -3.15. The number of ether oxygens (including phenoxy) is 4. The third kappa shape index (κ3) is 4.69. The number of hydrogen-bond acceptors (Lipinski definition) is 8. The molecule has 2 aromatic carbocycles. The first-order chi connectivity index (χ1) is 15.3. The number of hydrogen-bond donors (Lipinski definition) is 1. The summed E-state index contributed by atoms with van der Waals surface area (Å²) in [5, 5.41) is 2.56. The fraction of sp³-hybridized carbons (Fsp3) is 0.333. The molecule has 0 saturated carbocycles. The molecule has 32 heavy (non-hydrogen) atoms. The molecule has 2 aliphatic rings. The molecule has 1 fully saturated rings. The zero-order chi connectivity index (χ0) is 22.7. The van der Waals surface area contributed by atoms with Gasteiger partial charge in [-0.3, -0.25) is 4.79 Å². The van der Waals surface area contributed by atoms with Crippen LogP contribution in [0.4, 0.5) is 5.69 Å². The SMILES string of the molecule is Cc1ccc(NC(=O)COC(=O)c2ccc3c(c2)OCO3)cc1S(=O)(=O)N1CCOCC1. The largest absolute Gasteiger partial charge is 0.454 e. The van der Waals surface area contributed by atoms with Gasteiger partial charge in [0.1, 0.15) is 0 Å². The molecule has 2 heterocycles. The zero-order valence-corrected chi connectivity index (χ0v) is 18.1. The van der Waals surface area contributed by atoms with Crippen LogP contribution in [0.1, 0.15) is 15.9 Å². The second-order valence-electron chi connectivity index (χ2n) is 7.19. The predicted octanol–water partition coefficient (Wildman–Crippen LogP) is 1.54. The quantitative estimate of drug-likeness (QED) is 0.642. The van der Waals surface area contributed by atoms with Crippen molar-refractivity contribution in [3.8, 4) is 11.5 Å². The molecule has 0 atom stereocenters. The summed E-state index contributed by atoms with van der Waals surface area (Å²) in [4.78, 5) is 24.6. The number of nitrogens with zero attached hydrogens (tertiary/aromatic N) is 1. The molecule has 0 unspecified atom stereocenters. The van der Waals surface area contributed by atoms with Crippen LogP contribution in [0.2, 0.25) is 0 Å². The lowest BCUT2D eigenvalue weighted by molar-refractivity contribution is -0.119. The predicted molar refractivity (Wildman–Crippen MR) is 112 cm³/mol. The lowest BCUT2D eigenvalue weighted by atomic mass is 10.2. The molecule has 4 rings (SSSR count). The first-order valence-electron chi connectivity index (χ1n) is 9.90. The Labute approximate surface area is 185 Å². The molecular weight excluding hydrogens is 440 g/mol. The summed E-state index contributed by atoms with van der Waals surface area (Å²) in [6, 6.07) is 9.17. The van der Waals surface area contributed by atoms with Crippen molar-refractivity contribution < 1.29 is 37.0 Å². The molecule has 10 nitrogen and oxygen atoms in total. The summed E-state index contributed by atoms with van der Waals surface area (Å²) in [6.07, 6.45) is 0. The van der Waals surface area contributed by atoms with Crippen molar-refractivity contribution in [1.82, 2.24) is 4.31 Å². The molecule has 1 saturated heterocycles. The van der Waals surface area contributed by atoms with Crippen LogP contribution < -0.4 is 14.8 Å². The number of esters is 1. The highest BCUT2D eigenvalue weighted by Crippen LogP contribution is 2.32. The number of sulfonamides is 1. The van der Waals surface area contributed by atoms with Crippen molar-refractivity contribution in [2.45, 2.75) is 11.8 Å². The van der Waals surface area contributed by atoms with Crippen LogP contribution in [-0.2, 0) is 24.3 Å². The van der Waals surface area contributed by atoms with E-state index in [0.29, 0.717) is 30.3 Å². The van der Waals surface area contributed by atoms with Gasteiger partial charge in [-0.2, -0.15) is 4.31 Å². The number of anilines is 1. The average Bonchev–Trinajstić information content (AvgIpc) is 3.27. The van der Waals surface area contributed by atoms with E-state index in [1.54, 1.807) is 25.1 Å². The van der Waals surface area contributed by atoms with Crippen molar-refractivity contribution in [3.63, 3.8) is 0 Å². The number of fused-ring (bicyclic) bond motifs is 1. The Bertz CT molecular complexity index is 1140. The van der Waals surface area contributed by atoms with Gasteiger partial charge < -0.3 is 24.3 Å². The Morgan fingerprint density at radius 2 is 1.81 bits per heavy atom. The normalized spacial score (nSPS) is 15.9. The number of carbonyl (C=O) groups is 2. The van der Waals surface area contributed by atoms with E-state index < -0.39 is 28.5 Å².